The molecule has 2 N–H and O–H groups in total. The highest BCUT2D eigenvalue weighted by molar-refractivity contribution is 5.02. The zero-order valence-corrected chi connectivity index (χ0v) is 6.87. The summed E-state index contributed by atoms with van der Waals surface area (Å²) in [4.78, 5) is 2.67. The molecule has 0 aromatic rings. The zero-order chi connectivity index (χ0) is 7.42. The Labute approximate surface area is 67.7 Å². The summed E-state index contributed by atoms with van der Waals surface area (Å²) in [6, 6.07) is 1.53. The molecule has 2 atom stereocenters. The summed E-state index contributed by atoms with van der Waals surface area (Å²) >= 11 is 0. The van der Waals surface area contributed by atoms with E-state index < -0.39 is 0 Å². The molecule has 2 bridgehead atoms. The van der Waals surface area contributed by atoms with Crippen LogP contribution in [0.1, 0.15) is 19.3 Å². The molecule has 0 aromatic heterocycles. The smallest absolute Gasteiger partial charge is 0.0120 e. The largest absolute Gasteiger partial charge is 0.327 e. The second-order valence-corrected chi connectivity index (χ2v) is 4.52. The number of nitrogens with zero attached hydrogens (tertiary/aromatic N) is 1. The molecule has 0 aromatic carbocycles. The van der Waals surface area contributed by atoms with Crippen molar-refractivity contribution in [3.05, 3.63) is 0 Å². The van der Waals surface area contributed by atoms with Crippen LogP contribution in [0.15, 0.2) is 0 Å². The topological polar surface area (TPSA) is 29.3 Å². The molecular formula is C9H16N2. The number of nitrogens with two attached hydrogens (primary N) is 1. The molecule has 2 heterocycles. The third kappa shape index (κ3) is 0.859. The molecule has 2 heteroatoms. The lowest BCUT2D eigenvalue weighted by Gasteiger charge is -2.52. The Morgan fingerprint density at radius 1 is 1.09 bits per heavy atom. The third-order valence-electron chi connectivity index (χ3n) is 3.70. The predicted molar refractivity (Wildman–Crippen MR) is 44.2 cm³/mol. The Morgan fingerprint density at radius 2 is 1.73 bits per heavy atom. The minimum Gasteiger partial charge on any atom is -0.327 e. The van der Waals surface area contributed by atoms with Gasteiger partial charge in [0.1, 0.15) is 0 Å². The Kier molecular flexibility index (Phi) is 1.16. The van der Waals surface area contributed by atoms with Crippen LogP contribution in [0.2, 0.25) is 0 Å². The zero-order valence-electron chi connectivity index (χ0n) is 6.87. The van der Waals surface area contributed by atoms with Crippen LogP contribution in [0.3, 0.4) is 0 Å². The Bertz CT molecular complexity index is 164. The van der Waals surface area contributed by atoms with Crippen LogP contribution >= 0.6 is 0 Å². The van der Waals surface area contributed by atoms with Crippen LogP contribution in [-0.4, -0.2) is 30.1 Å². The first-order valence-corrected chi connectivity index (χ1v) is 4.84. The van der Waals surface area contributed by atoms with Gasteiger partial charge in [0, 0.05) is 25.2 Å². The lowest BCUT2D eigenvalue weighted by molar-refractivity contribution is -0.00153. The number of rotatable bonds is 1. The number of hydrogen-bond acceptors (Lipinski definition) is 2. The van der Waals surface area contributed by atoms with E-state index in [1.807, 2.05) is 0 Å². The van der Waals surface area contributed by atoms with Crippen molar-refractivity contribution in [2.75, 3.05) is 13.1 Å². The summed E-state index contributed by atoms with van der Waals surface area (Å²) in [5.41, 5.74) is 5.98. The standard InChI is InChI=1S/C9H16N2/c10-9-6-3-7(9)5-11(4-6)8-1-2-8/h6-9H,1-5,10H2. The van der Waals surface area contributed by atoms with Gasteiger partial charge < -0.3 is 5.73 Å². The highest BCUT2D eigenvalue weighted by Crippen LogP contribution is 2.42. The monoisotopic (exact) mass is 152 g/mol. The summed E-state index contributed by atoms with van der Waals surface area (Å²) in [6.45, 7) is 2.62. The summed E-state index contributed by atoms with van der Waals surface area (Å²) < 4.78 is 0. The van der Waals surface area contributed by atoms with Crippen molar-refractivity contribution >= 4 is 0 Å². The van der Waals surface area contributed by atoms with Gasteiger partial charge in [-0.25, -0.2) is 0 Å². The molecule has 4 fully saturated rings. The van der Waals surface area contributed by atoms with Crippen LogP contribution in [0, 0.1) is 11.8 Å². The lowest BCUT2D eigenvalue weighted by Crippen LogP contribution is -2.62. The van der Waals surface area contributed by atoms with Crippen LogP contribution in [0.4, 0.5) is 0 Å². The first-order chi connectivity index (χ1) is 5.34. The summed E-state index contributed by atoms with van der Waals surface area (Å²) in [5, 5.41) is 0. The number of piperidine rings is 2. The minimum atomic E-state index is 0.560. The molecule has 0 radical (unpaired) electrons. The van der Waals surface area contributed by atoms with Gasteiger partial charge in [-0.05, 0) is 31.1 Å². The fraction of sp³-hybridized carbons (Fsp3) is 1.00. The molecule has 0 amide bonds. The van der Waals surface area contributed by atoms with Gasteiger partial charge in [-0.2, -0.15) is 0 Å². The van der Waals surface area contributed by atoms with E-state index in [-0.39, 0.29) is 0 Å². The van der Waals surface area contributed by atoms with Crippen molar-refractivity contribution < 1.29 is 0 Å². The van der Waals surface area contributed by atoms with Gasteiger partial charge in [-0.1, -0.05) is 0 Å². The molecule has 2 saturated carbocycles. The van der Waals surface area contributed by atoms with Gasteiger partial charge in [-0.3, -0.25) is 4.90 Å². The van der Waals surface area contributed by atoms with E-state index in [0.29, 0.717) is 6.04 Å². The van der Waals surface area contributed by atoms with Crippen LogP contribution in [-0.2, 0) is 0 Å². The quantitative estimate of drug-likeness (QED) is 0.590. The van der Waals surface area contributed by atoms with Crippen molar-refractivity contribution in [2.45, 2.75) is 31.3 Å². The molecule has 2 nitrogen and oxygen atoms in total. The average molecular weight is 152 g/mol. The molecule has 2 aliphatic carbocycles. The molecule has 0 spiro atoms. The summed E-state index contributed by atoms with van der Waals surface area (Å²) in [6.07, 6.45) is 4.33. The highest BCUT2D eigenvalue weighted by Gasteiger charge is 2.47. The van der Waals surface area contributed by atoms with E-state index >= 15 is 0 Å². The summed E-state index contributed by atoms with van der Waals surface area (Å²) in [5.74, 6) is 1.71. The van der Waals surface area contributed by atoms with Crippen LogP contribution < -0.4 is 5.73 Å². The van der Waals surface area contributed by atoms with E-state index in [2.05, 4.69) is 4.90 Å². The summed E-state index contributed by atoms with van der Waals surface area (Å²) in [7, 11) is 0. The lowest BCUT2D eigenvalue weighted by atomic mass is 9.67. The van der Waals surface area contributed by atoms with Crippen molar-refractivity contribution in [1.82, 2.24) is 4.90 Å². The van der Waals surface area contributed by atoms with Crippen LogP contribution in [0.5, 0.6) is 0 Å². The van der Waals surface area contributed by atoms with Crippen molar-refractivity contribution in [3.63, 3.8) is 0 Å². The van der Waals surface area contributed by atoms with Crippen molar-refractivity contribution in [3.8, 4) is 0 Å². The fourth-order valence-electron chi connectivity index (χ4n) is 2.70. The Hall–Kier alpha value is -0.0800. The minimum absolute atomic E-state index is 0.560. The number of fused-ring (bicyclic) bond motifs is 2. The SMILES string of the molecule is NC1C2CC1CN(C1CC1)C2. The van der Waals surface area contributed by atoms with Gasteiger partial charge in [0.25, 0.3) is 0 Å². The van der Waals surface area contributed by atoms with Crippen molar-refractivity contribution in [1.29, 1.82) is 0 Å². The molecule has 2 saturated heterocycles. The van der Waals surface area contributed by atoms with Gasteiger partial charge in [0.2, 0.25) is 0 Å². The first-order valence-electron chi connectivity index (χ1n) is 4.84. The van der Waals surface area contributed by atoms with Gasteiger partial charge >= 0.3 is 0 Å². The van der Waals surface area contributed by atoms with Crippen LogP contribution in [0.25, 0.3) is 0 Å². The second-order valence-electron chi connectivity index (χ2n) is 4.52. The van der Waals surface area contributed by atoms with E-state index in [9.17, 15) is 0 Å². The Morgan fingerprint density at radius 3 is 2.18 bits per heavy atom. The number of hydrogen-bond donors (Lipinski definition) is 1. The molecule has 4 aliphatic rings. The molecule has 11 heavy (non-hydrogen) atoms. The van der Waals surface area contributed by atoms with E-state index in [1.165, 1.54) is 32.4 Å². The Balaban J connectivity index is 1.67. The molecular weight excluding hydrogens is 136 g/mol. The van der Waals surface area contributed by atoms with E-state index in [0.717, 1.165) is 17.9 Å². The predicted octanol–water partition coefficient (Wildman–Crippen LogP) is 0.428. The highest BCUT2D eigenvalue weighted by atomic mass is 15.2. The van der Waals surface area contributed by atoms with Gasteiger partial charge in [-0.15, -0.1) is 0 Å². The molecule has 2 unspecified atom stereocenters. The maximum Gasteiger partial charge on any atom is 0.0120 e. The second kappa shape index (κ2) is 1.99. The van der Waals surface area contributed by atoms with E-state index in [4.69, 9.17) is 5.73 Å². The molecule has 2 aliphatic heterocycles. The third-order valence-corrected chi connectivity index (χ3v) is 3.70. The average Bonchev–Trinajstić information content (AvgIpc) is 2.86. The van der Waals surface area contributed by atoms with Gasteiger partial charge in [0.05, 0.1) is 0 Å². The van der Waals surface area contributed by atoms with Gasteiger partial charge in [0.15, 0.2) is 0 Å². The first kappa shape index (κ1) is 6.44. The molecule has 62 valence electrons. The molecule has 4 rings (SSSR count). The normalized spacial score (nSPS) is 50.5. The maximum absolute atomic E-state index is 5.98. The maximum atomic E-state index is 5.98. The van der Waals surface area contributed by atoms with Crippen molar-refractivity contribution in [2.24, 2.45) is 17.6 Å². The van der Waals surface area contributed by atoms with E-state index in [1.54, 1.807) is 0 Å². The fourth-order valence-corrected chi connectivity index (χ4v) is 2.70.